The van der Waals surface area contributed by atoms with E-state index in [9.17, 15) is 4.79 Å². The first kappa shape index (κ1) is 19.3. The minimum absolute atomic E-state index is 0.229. The van der Waals surface area contributed by atoms with Crippen LogP contribution in [0.2, 0.25) is 10.0 Å². The number of anilines is 1. The van der Waals surface area contributed by atoms with Crippen LogP contribution < -0.4 is 4.90 Å². The summed E-state index contributed by atoms with van der Waals surface area (Å²) in [5.74, 6) is 2.85. The molecule has 2 heterocycles. The molecule has 0 spiro atoms. The maximum Gasteiger partial charge on any atom is 0.223 e. The number of pyridine rings is 1. The lowest BCUT2D eigenvalue weighted by Crippen LogP contribution is -2.49. The lowest BCUT2D eigenvalue weighted by atomic mass is 10.2. The molecule has 138 valence electrons. The van der Waals surface area contributed by atoms with Crippen LogP contribution in [0.1, 0.15) is 12.0 Å². The second-order valence-electron chi connectivity index (χ2n) is 6.11. The topological polar surface area (TPSA) is 36.4 Å². The highest BCUT2D eigenvalue weighted by molar-refractivity contribution is 7.98. The highest BCUT2D eigenvalue weighted by atomic mass is 35.5. The number of nitrogens with zero attached hydrogens (tertiary/aromatic N) is 3. The Morgan fingerprint density at radius 1 is 1.08 bits per heavy atom. The first-order valence-corrected chi connectivity index (χ1v) is 10.5. The molecule has 1 amide bonds. The number of carbonyl (C=O) groups excluding carboxylic acids is 1. The van der Waals surface area contributed by atoms with Crippen LogP contribution in [0.15, 0.2) is 42.6 Å². The number of aromatic nitrogens is 1. The van der Waals surface area contributed by atoms with Crippen molar-refractivity contribution in [3.05, 3.63) is 58.2 Å². The van der Waals surface area contributed by atoms with Crippen molar-refractivity contribution < 1.29 is 4.79 Å². The van der Waals surface area contributed by atoms with Crippen LogP contribution in [-0.4, -0.2) is 47.7 Å². The minimum atomic E-state index is 0.229. The molecular weight excluding hydrogens is 389 g/mol. The van der Waals surface area contributed by atoms with Crippen LogP contribution in [-0.2, 0) is 10.5 Å². The summed E-state index contributed by atoms with van der Waals surface area (Å²) in [7, 11) is 0. The van der Waals surface area contributed by atoms with Gasteiger partial charge in [0, 0.05) is 50.3 Å². The number of hydrogen-bond acceptors (Lipinski definition) is 4. The zero-order valence-corrected chi connectivity index (χ0v) is 16.7. The smallest absolute Gasteiger partial charge is 0.223 e. The fraction of sp³-hybridized carbons (Fsp3) is 0.368. The SMILES string of the molecule is O=C(CCSCc1ccc(Cl)c(Cl)c1)N1CCN(c2ccccn2)CC1. The second-order valence-corrected chi connectivity index (χ2v) is 8.03. The Bertz CT molecular complexity index is 737. The van der Waals surface area contributed by atoms with Crippen molar-refractivity contribution in [1.29, 1.82) is 0 Å². The summed E-state index contributed by atoms with van der Waals surface area (Å²) in [5, 5.41) is 1.15. The lowest BCUT2D eigenvalue weighted by molar-refractivity contribution is -0.131. The number of piperazine rings is 1. The molecule has 1 aliphatic heterocycles. The third-order valence-electron chi connectivity index (χ3n) is 4.32. The van der Waals surface area contributed by atoms with E-state index in [0.717, 1.165) is 49.1 Å². The Morgan fingerprint density at radius 2 is 1.88 bits per heavy atom. The minimum Gasteiger partial charge on any atom is -0.353 e. The molecule has 0 N–H and O–H groups in total. The molecule has 3 rings (SSSR count). The van der Waals surface area contributed by atoms with Crippen LogP contribution in [0, 0.1) is 0 Å². The van der Waals surface area contributed by atoms with Gasteiger partial charge in [0.25, 0.3) is 0 Å². The lowest BCUT2D eigenvalue weighted by Gasteiger charge is -2.35. The Morgan fingerprint density at radius 3 is 2.58 bits per heavy atom. The van der Waals surface area contributed by atoms with Crippen molar-refractivity contribution in [3.8, 4) is 0 Å². The molecule has 0 atom stereocenters. The van der Waals surface area contributed by atoms with Crippen molar-refractivity contribution in [2.45, 2.75) is 12.2 Å². The van der Waals surface area contributed by atoms with Crippen LogP contribution in [0.25, 0.3) is 0 Å². The van der Waals surface area contributed by atoms with Gasteiger partial charge in [-0.25, -0.2) is 4.98 Å². The van der Waals surface area contributed by atoms with Crippen molar-refractivity contribution in [2.24, 2.45) is 0 Å². The molecule has 1 aromatic carbocycles. The van der Waals surface area contributed by atoms with Gasteiger partial charge in [0.15, 0.2) is 0 Å². The number of benzene rings is 1. The Kier molecular flexibility index (Phi) is 7.06. The third kappa shape index (κ3) is 5.29. The molecule has 1 aromatic heterocycles. The van der Waals surface area contributed by atoms with E-state index >= 15 is 0 Å². The Balaban J connectivity index is 1.37. The summed E-state index contributed by atoms with van der Waals surface area (Å²) in [6, 6.07) is 11.6. The first-order chi connectivity index (χ1) is 12.6. The molecule has 7 heteroatoms. The van der Waals surface area contributed by atoms with E-state index in [1.807, 2.05) is 41.3 Å². The average molecular weight is 410 g/mol. The number of thioether (sulfide) groups is 1. The maximum absolute atomic E-state index is 12.4. The average Bonchev–Trinajstić information content (AvgIpc) is 2.68. The fourth-order valence-electron chi connectivity index (χ4n) is 2.86. The molecule has 2 aromatic rings. The number of halogens is 2. The van der Waals surface area contributed by atoms with Gasteiger partial charge in [0.2, 0.25) is 5.91 Å². The van der Waals surface area contributed by atoms with Gasteiger partial charge in [0.05, 0.1) is 10.0 Å². The highest BCUT2D eigenvalue weighted by Gasteiger charge is 2.21. The van der Waals surface area contributed by atoms with Gasteiger partial charge < -0.3 is 9.80 Å². The molecule has 0 bridgehead atoms. The number of carbonyl (C=O) groups is 1. The molecule has 0 unspecified atom stereocenters. The van der Waals surface area contributed by atoms with Crippen molar-refractivity contribution in [3.63, 3.8) is 0 Å². The molecule has 4 nitrogen and oxygen atoms in total. The van der Waals surface area contributed by atoms with Crippen LogP contribution in [0.3, 0.4) is 0 Å². The van der Waals surface area contributed by atoms with Gasteiger partial charge in [-0.2, -0.15) is 11.8 Å². The Labute approximate surface area is 168 Å². The number of amides is 1. The van der Waals surface area contributed by atoms with Gasteiger partial charge in [-0.05, 0) is 29.8 Å². The molecule has 0 radical (unpaired) electrons. The van der Waals surface area contributed by atoms with Crippen molar-refractivity contribution in [1.82, 2.24) is 9.88 Å². The van der Waals surface area contributed by atoms with Crippen molar-refractivity contribution in [2.75, 3.05) is 36.8 Å². The monoisotopic (exact) mass is 409 g/mol. The molecule has 1 aliphatic rings. The first-order valence-electron chi connectivity index (χ1n) is 8.59. The van der Waals surface area contributed by atoms with Crippen molar-refractivity contribution >= 4 is 46.7 Å². The van der Waals surface area contributed by atoms with Gasteiger partial charge in [0.1, 0.15) is 5.82 Å². The molecule has 0 saturated carbocycles. The van der Waals surface area contributed by atoms with Crippen LogP contribution in [0.5, 0.6) is 0 Å². The second kappa shape index (κ2) is 9.49. The summed E-state index contributed by atoms with van der Waals surface area (Å²) in [5.41, 5.74) is 1.13. The molecule has 26 heavy (non-hydrogen) atoms. The standard InChI is InChI=1S/C19H21Cl2N3OS/c20-16-5-4-15(13-17(16)21)14-26-12-6-19(25)24-10-8-23(9-11-24)18-3-1-2-7-22-18/h1-5,7,13H,6,8-12,14H2. The zero-order valence-electron chi connectivity index (χ0n) is 14.4. The molecule has 1 fully saturated rings. The molecule has 0 aliphatic carbocycles. The Hall–Kier alpha value is -1.43. The quantitative estimate of drug-likeness (QED) is 0.663. The number of rotatable bonds is 6. The van der Waals surface area contributed by atoms with E-state index in [2.05, 4.69) is 9.88 Å². The van der Waals surface area contributed by atoms with Gasteiger partial charge in [-0.15, -0.1) is 0 Å². The van der Waals surface area contributed by atoms with Gasteiger partial charge in [-0.1, -0.05) is 35.3 Å². The fourth-order valence-corrected chi connectivity index (χ4v) is 4.06. The summed E-state index contributed by atoms with van der Waals surface area (Å²) >= 11 is 13.7. The summed E-state index contributed by atoms with van der Waals surface area (Å²) in [6.07, 6.45) is 2.37. The van der Waals surface area contributed by atoms with Gasteiger partial charge in [-0.3, -0.25) is 4.79 Å². The summed E-state index contributed by atoms with van der Waals surface area (Å²) < 4.78 is 0. The van der Waals surface area contributed by atoms with E-state index in [1.165, 1.54) is 0 Å². The largest absolute Gasteiger partial charge is 0.353 e. The highest BCUT2D eigenvalue weighted by Crippen LogP contribution is 2.25. The van der Waals surface area contributed by atoms with E-state index in [0.29, 0.717) is 16.5 Å². The predicted octanol–water partition coefficient (Wildman–Crippen LogP) is 4.36. The third-order valence-corrected chi connectivity index (χ3v) is 6.09. The molecule has 1 saturated heterocycles. The molecular formula is C19H21Cl2N3OS. The van der Waals surface area contributed by atoms with Crippen LogP contribution >= 0.6 is 35.0 Å². The summed E-state index contributed by atoms with van der Waals surface area (Å²) in [4.78, 5) is 20.9. The number of hydrogen-bond donors (Lipinski definition) is 0. The van der Waals surface area contributed by atoms with E-state index in [-0.39, 0.29) is 5.91 Å². The van der Waals surface area contributed by atoms with Crippen LogP contribution in [0.4, 0.5) is 5.82 Å². The summed E-state index contributed by atoms with van der Waals surface area (Å²) in [6.45, 7) is 3.18. The van der Waals surface area contributed by atoms with E-state index < -0.39 is 0 Å². The maximum atomic E-state index is 12.4. The normalized spacial score (nSPS) is 14.5. The predicted molar refractivity (Wildman–Crippen MR) is 110 cm³/mol. The van der Waals surface area contributed by atoms with Gasteiger partial charge >= 0.3 is 0 Å². The zero-order chi connectivity index (χ0) is 18.4. The van der Waals surface area contributed by atoms with E-state index in [4.69, 9.17) is 23.2 Å². The van der Waals surface area contributed by atoms with E-state index in [1.54, 1.807) is 18.0 Å².